The van der Waals surface area contributed by atoms with Gasteiger partial charge in [0.2, 0.25) is 5.95 Å². The molecule has 1 heterocycles. The van der Waals surface area contributed by atoms with Crippen LogP contribution in [0.4, 0.5) is 10.3 Å². The van der Waals surface area contributed by atoms with Gasteiger partial charge in [-0.1, -0.05) is 17.2 Å². The molecule has 2 aromatic rings. The van der Waals surface area contributed by atoms with E-state index >= 15 is 0 Å². The predicted molar refractivity (Wildman–Crippen MR) is 57.0 cm³/mol. The summed E-state index contributed by atoms with van der Waals surface area (Å²) in [7, 11) is 0. The van der Waals surface area contributed by atoms with Gasteiger partial charge in [0, 0.05) is 0 Å². The summed E-state index contributed by atoms with van der Waals surface area (Å²) in [4.78, 5) is 0. The second kappa shape index (κ2) is 4.26. The number of rotatable bonds is 3. The topological polar surface area (TPSA) is 69.6 Å². The second-order valence-corrected chi connectivity index (χ2v) is 3.66. The minimum atomic E-state index is -0.238. The fourth-order valence-corrected chi connectivity index (χ4v) is 1.56. The molecule has 2 rings (SSSR count). The lowest BCUT2D eigenvalue weighted by atomic mass is 10.1. The van der Waals surface area contributed by atoms with Crippen LogP contribution in [-0.2, 0) is 6.42 Å². The Hall–Kier alpha value is -1.98. The quantitative estimate of drug-likeness (QED) is 0.845. The van der Waals surface area contributed by atoms with E-state index in [0.717, 1.165) is 5.56 Å². The number of nitrogen functional groups attached to an aromatic ring is 1. The monoisotopic (exact) mass is 221 g/mol. The number of nitrogens with two attached hydrogens (primary N) is 1. The number of benzene rings is 1. The summed E-state index contributed by atoms with van der Waals surface area (Å²) < 4.78 is 14.2. The van der Waals surface area contributed by atoms with E-state index in [9.17, 15) is 4.39 Å². The summed E-state index contributed by atoms with van der Waals surface area (Å²) in [5.74, 6) is 0.0490. The summed E-state index contributed by atoms with van der Waals surface area (Å²) >= 11 is 0. The number of hydrogen-bond donors (Lipinski definition) is 1. The number of nitrogens with zero attached hydrogens (tertiary/aromatic N) is 4. The molecule has 0 amide bonds. The van der Waals surface area contributed by atoms with Crippen LogP contribution in [0.25, 0.3) is 0 Å². The fraction of sp³-hybridized carbons (Fsp3) is 0.300. The molecule has 2 N–H and O–H groups in total. The molecular weight excluding hydrogens is 209 g/mol. The first-order chi connectivity index (χ1) is 7.66. The number of hydrogen-bond acceptors (Lipinski definition) is 4. The standard InChI is InChI=1S/C10H12FN5/c1-7(16-10(12)13-14-15-16)6-8-2-4-9(11)5-3-8/h2-5,7H,6H2,1H3,(H2,12,13,15). The van der Waals surface area contributed by atoms with Crippen LogP contribution in [-0.4, -0.2) is 20.2 Å². The van der Waals surface area contributed by atoms with Gasteiger partial charge >= 0.3 is 0 Å². The van der Waals surface area contributed by atoms with Crippen LogP contribution in [0, 0.1) is 5.82 Å². The third kappa shape index (κ3) is 2.16. The molecule has 84 valence electrons. The van der Waals surface area contributed by atoms with Crippen molar-refractivity contribution in [3.63, 3.8) is 0 Å². The van der Waals surface area contributed by atoms with Crippen molar-refractivity contribution in [1.29, 1.82) is 0 Å². The van der Waals surface area contributed by atoms with E-state index in [1.54, 1.807) is 16.8 Å². The summed E-state index contributed by atoms with van der Waals surface area (Å²) in [5, 5.41) is 10.9. The van der Waals surface area contributed by atoms with Gasteiger partial charge in [-0.2, -0.15) is 0 Å². The first-order valence-electron chi connectivity index (χ1n) is 4.94. The first-order valence-corrected chi connectivity index (χ1v) is 4.94. The van der Waals surface area contributed by atoms with Crippen LogP contribution in [0.5, 0.6) is 0 Å². The minimum Gasteiger partial charge on any atom is -0.367 e. The van der Waals surface area contributed by atoms with E-state index < -0.39 is 0 Å². The van der Waals surface area contributed by atoms with Gasteiger partial charge in [-0.25, -0.2) is 9.07 Å². The van der Waals surface area contributed by atoms with Gasteiger partial charge in [-0.3, -0.25) is 0 Å². The SMILES string of the molecule is CC(Cc1ccc(F)cc1)n1nnnc1N. The van der Waals surface area contributed by atoms with Gasteiger partial charge in [0.25, 0.3) is 0 Å². The van der Waals surface area contributed by atoms with Crippen LogP contribution < -0.4 is 5.73 Å². The van der Waals surface area contributed by atoms with E-state index in [4.69, 9.17) is 5.73 Å². The molecule has 1 aromatic heterocycles. The molecule has 0 aliphatic rings. The molecule has 0 saturated carbocycles. The Morgan fingerprint density at radius 3 is 2.62 bits per heavy atom. The number of tetrazole rings is 1. The van der Waals surface area contributed by atoms with Crippen molar-refractivity contribution in [1.82, 2.24) is 20.2 Å². The third-order valence-electron chi connectivity index (χ3n) is 2.38. The van der Waals surface area contributed by atoms with Crippen molar-refractivity contribution in [2.45, 2.75) is 19.4 Å². The highest BCUT2D eigenvalue weighted by Crippen LogP contribution is 2.14. The minimum absolute atomic E-state index is 0.0421. The zero-order valence-electron chi connectivity index (χ0n) is 8.84. The van der Waals surface area contributed by atoms with Crippen molar-refractivity contribution in [3.05, 3.63) is 35.6 Å². The zero-order chi connectivity index (χ0) is 11.5. The van der Waals surface area contributed by atoms with Crippen LogP contribution in [0.2, 0.25) is 0 Å². The van der Waals surface area contributed by atoms with Crippen LogP contribution in [0.3, 0.4) is 0 Å². The van der Waals surface area contributed by atoms with Gasteiger partial charge in [0.1, 0.15) is 5.82 Å². The van der Waals surface area contributed by atoms with Crippen molar-refractivity contribution < 1.29 is 4.39 Å². The Labute approximate surface area is 92.1 Å². The molecule has 0 spiro atoms. The van der Waals surface area contributed by atoms with E-state index in [1.807, 2.05) is 6.92 Å². The normalized spacial score (nSPS) is 12.6. The first kappa shape index (κ1) is 10.5. The van der Waals surface area contributed by atoms with Crippen molar-refractivity contribution >= 4 is 5.95 Å². The maximum absolute atomic E-state index is 12.7. The largest absolute Gasteiger partial charge is 0.367 e. The number of aromatic nitrogens is 4. The Kier molecular flexibility index (Phi) is 2.80. The number of anilines is 1. The summed E-state index contributed by atoms with van der Waals surface area (Å²) in [6.45, 7) is 1.95. The van der Waals surface area contributed by atoms with Gasteiger partial charge in [0.05, 0.1) is 6.04 Å². The summed E-state index contributed by atoms with van der Waals surface area (Å²) in [6, 6.07) is 6.40. The maximum atomic E-state index is 12.7. The molecule has 5 nitrogen and oxygen atoms in total. The molecule has 1 unspecified atom stereocenters. The van der Waals surface area contributed by atoms with E-state index in [2.05, 4.69) is 15.5 Å². The molecule has 6 heteroatoms. The predicted octanol–water partition coefficient (Wildman–Crippen LogP) is 1.20. The average Bonchev–Trinajstić information content (AvgIpc) is 2.68. The van der Waals surface area contributed by atoms with Gasteiger partial charge in [0.15, 0.2) is 0 Å². The molecule has 0 aliphatic heterocycles. The van der Waals surface area contributed by atoms with Gasteiger partial charge in [-0.05, 0) is 41.5 Å². The summed E-state index contributed by atoms with van der Waals surface area (Å²) in [6.07, 6.45) is 0.704. The Bertz CT molecular complexity index is 464. The smallest absolute Gasteiger partial charge is 0.240 e. The molecule has 0 radical (unpaired) electrons. The molecule has 0 bridgehead atoms. The van der Waals surface area contributed by atoms with Gasteiger partial charge in [-0.15, -0.1) is 0 Å². The van der Waals surface area contributed by atoms with E-state index in [1.165, 1.54) is 12.1 Å². The lowest BCUT2D eigenvalue weighted by Crippen LogP contribution is -2.13. The zero-order valence-corrected chi connectivity index (χ0v) is 8.84. The van der Waals surface area contributed by atoms with Crippen LogP contribution in [0.15, 0.2) is 24.3 Å². The lowest BCUT2D eigenvalue weighted by molar-refractivity contribution is 0.480. The van der Waals surface area contributed by atoms with Gasteiger partial charge < -0.3 is 5.73 Å². The molecule has 16 heavy (non-hydrogen) atoms. The molecule has 0 saturated heterocycles. The van der Waals surface area contributed by atoms with Crippen molar-refractivity contribution in [3.8, 4) is 0 Å². The maximum Gasteiger partial charge on any atom is 0.240 e. The number of halogens is 1. The van der Waals surface area contributed by atoms with Crippen molar-refractivity contribution in [2.75, 3.05) is 5.73 Å². The lowest BCUT2D eigenvalue weighted by Gasteiger charge is -2.11. The molecule has 1 atom stereocenters. The highest BCUT2D eigenvalue weighted by atomic mass is 19.1. The van der Waals surface area contributed by atoms with Crippen molar-refractivity contribution in [2.24, 2.45) is 0 Å². The Morgan fingerprint density at radius 1 is 1.38 bits per heavy atom. The third-order valence-corrected chi connectivity index (χ3v) is 2.38. The molecular formula is C10H12FN5. The van der Waals surface area contributed by atoms with Crippen LogP contribution in [0.1, 0.15) is 18.5 Å². The Balaban J connectivity index is 2.10. The molecule has 0 aliphatic carbocycles. The fourth-order valence-electron chi connectivity index (χ4n) is 1.56. The van der Waals surface area contributed by atoms with E-state index in [-0.39, 0.29) is 17.8 Å². The van der Waals surface area contributed by atoms with E-state index in [0.29, 0.717) is 6.42 Å². The molecule has 1 aromatic carbocycles. The highest BCUT2D eigenvalue weighted by molar-refractivity contribution is 5.18. The highest BCUT2D eigenvalue weighted by Gasteiger charge is 2.10. The molecule has 0 fully saturated rings. The summed E-state index contributed by atoms with van der Waals surface area (Å²) in [5.41, 5.74) is 6.60. The Morgan fingerprint density at radius 2 is 2.06 bits per heavy atom. The van der Waals surface area contributed by atoms with Crippen LogP contribution >= 0.6 is 0 Å². The second-order valence-electron chi connectivity index (χ2n) is 3.66. The average molecular weight is 221 g/mol.